The summed E-state index contributed by atoms with van der Waals surface area (Å²) in [6.45, 7) is 12.3. The van der Waals surface area contributed by atoms with Crippen LogP contribution < -0.4 is 5.32 Å². The monoisotopic (exact) mass is 280 g/mol. The molecule has 118 valence electrons. The van der Waals surface area contributed by atoms with Crippen molar-refractivity contribution in [2.24, 2.45) is 11.3 Å². The van der Waals surface area contributed by atoms with Crippen molar-refractivity contribution in [1.82, 2.24) is 10.2 Å². The second-order valence-electron chi connectivity index (χ2n) is 7.26. The zero-order valence-corrected chi connectivity index (χ0v) is 14.1. The van der Waals surface area contributed by atoms with E-state index in [1.54, 1.807) is 0 Å². The van der Waals surface area contributed by atoms with Crippen molar-refractivity contribution < 1.29 is 0 Å². The van der Waals surface area contributed by atoms with E-state index < -0.39 is 0 Å². The van der Waals surface area contributed by atoms with Gasteiger partial charge < -0.3 is 10.2 Å². The fourth-order valence-electron chi connectivity index (χ4n) is 4.35. The predicted molar refractivity (Wildman–Crippen MR) is 88.1 cm³/mol. The summed E-state index contributed by atoms with van der Waals surface area (Å²) in [7, 11) is 0. The van der Waals surface area contributed by atoms with E-state index in [9.17, 15) is 0 Å². The fraction of sp³-hybridized carbons (Fsp3) is 1.00. The summed E-state index contributed by atoms with van der Waals surface area (Å²) >= 11 is 0. The van der Waals surface area contributed by atoms with Crippen LogP contribution in [-0.4, -0.2) is 37.1 Å². The molecule has 0 radical (unpaired) electrons. The minimum Gasteiger partial charge on any atom is -0.314 e. The van der Waals surface area contributed by atoms with E-state index >= 15 is 0 Å². The number of hydrogen-bond acceptors (Lipinski definition) is 2. The van der Waals surface area contributed by atoms with E-state index in [-0.39, 0.29) is 0 Å². The second-order valence-corrected chi connectivity index (χ2v) is 7.26. The van der Waals surface area contributed by atoms with Crippen LogP contribution in [0, 0.1) is 11.3 Å². The lowest BCUT2D eigenvalue weighted by Crippen LogP contribution is -2.45. The van der Waals surface area contributed by atoms with Crippen molar-refractivity contribution in [3.05, 3.63) is 0 Å². The van der Waals surface area contributed by atoms with Crippen LogP contribution in [0.5, 0.6) is 0 Å². The first-order valence-corrected chi connectivity index (χ1v) is 9.18. The lowest BCUT2D eigenvalue weighted by molar-refractivity contribution is 0.0816. The number of rotatable bonds is 7. The molecule has 0 spiro atoms. The number of piperidine rings is 1. The van der Waals surface area contributed by atoms with Crippen LogP contribution in [0.15, 0.2) is 0 Å². The normalized spacial score (nSPS) is 30.8. The Morgan fingerprint density at radius 1 is 1.05 bits per heavy atom. The molecule has 1 aliphatic carbocycles. The van der Waals surface area contributed by atoms with E-state index in [1.807, 2.05) is 0 Å². The minimum atomic E-state index is 0.673. The summed E-state index contributed by atoms with van der Waals surface area (Å²) in [5.41, 5.74) is 0.673. The molecular formula is C18H36N2. The molecule has 0 aromatic rings. The highest BCUT2D eigenvalue weighted by Gasteiger charge is 2.34. The average molecular weight is 280 g/mol. The third kappa shape index (κ3) is 3.98. The van der Waals surface area contributed by atoms with Gasteiger partial charge in [-0.2, -0.15) is 0 Å². The van der Waals surface area contributed by atoms with Crippen LogP contribution in [0.1, 0.15) is 72.1 Å². The summed E-state index contributed by atoms with van der Waals surface area (Å²) in [4.78, 5) is 2.76. The standard InChI is InChI=1S/C18H36N2/c1-4-12-19-17-9-7-8-16(17)15-20-13-10-18(5-2,6-3)11-14-20/h16-17,19H,4-15H2,1-3H3. The average Bonchev–Trinajstić information content (AvgIpc) is 2.93. The summed E-state index contributed by atoms with van der Waals surface area (Å²) in [5, 5.41) is 3.78. The van der Waals surface area contributed by atoms with Crippen molar-refractivity contribution in [3.63, 3.8) is 0 Å². The molecule has 0 bridgehead atoms. The molecule has 2 rings (SSSR count). The van der Waals surface area contributed by atoms with Crippen molar-refractivity contribution in [2.75, 3.05) is 26.2 Å². The Morgan fingerprint density at radius 2 is 1.75 bits per heavy atom. The maximum absolute atomic E-state index is 3.78. The van der Waals surface area contributed by atoms with Crippen molar-refractivity contribution in [1.29, 1.82) is 0 Å². The van der Waals surface area contributed by atoms with E-state index in [0.717, 1.165) is 12.0 Å². The lowest BCUT2D eigenvalue weighted by Gasteiger charge is -2.42. The van der Waals surface area contributed by atoms with E-state index in [4.69, 9.17) is 0 Å². The maximum Gasteiger partial charge on any atom is 0.0107 e. The van der Waals surface area contributed by atoms with Crippen molar-refractivity contribution in [3.8, 4) is 0 Å². The Labute approximate surface area is 126 Å². The molecule has 1 saturated carbocycles. The van der Waals surface area contributed by atoms with Gasteiger partial charge in [0.1, 0.15) is 0 Å². The smallest absolute Gasteiger partial charge is 0.0107 e. The Kier molecular flexibility index (Phi) is 6.35. The van der Waals surface area contributed by atoms with Crippen LogP contribution >= 0.6 is 0 Å². The van der Waals surface area contributed by atoms with Crippen molar-refractivity contribution in [2.45, 2.75) is 78.2 Å². The summed E-state index contributed by atoms with van der Waals surface area (Å²) < 4.78 is 0. The molecule has 2 atom stereocenters. The van der Waals surface area contributed by atoms with Gasteiger partial charge in [-0.3, -0.25) is 0 Å². The lowest BCUT2D eigenvalue weighted by atomic mass is 9.74. The second kappa shape index (κ2) is 7.79. The first-order chi connectivity index (χ1) is 9.73. The molecule has 2 aliphatic rings. The molecule has 0 amide bonds. The zero-order valence-electron chi connectivity index (χ0n) is 14.1. The molecule has 0 aromatic heterocycles. The number of hydrogen-bond donors (Lipinski definition) is 1. The van der Waals surface area contributed by atoms with Crippen LogP contribution in [0.25, 0.3) is 0 Å². The Hall–Kier alpha value is -0.0800. The Balaban J connectivity index is 1.77. The van der Waals surface area contributed by atoms with Gasteiger partial charge in [0.15, 0.2) is 0 Å². The minimum absolute atomic E-state index is 0.673. The number of nitrogens with zero attached hydrogens (tertiary/aromatic N) is 1. The summed E-state index contributed by atoms with van der Waals surface area (Å²) in [6, 6.07) is 0.805. The van der Waals surface area contributed by atoms with Gasteiger partial charge in [0.2, 0.25) is 0 Å². The topological polar surface area (TPSA) is 15.3 Å². The SMILES string of the molecule is CCCNC1CCCC1CN1CCC(CC)(CC)CC1. The molecule has 0 aromatic carbocycles. The molecule has 2 fully saturated rings. The highest BCUT2D eigenvalue weighted by Crippen LogP contribution is 2.38. The highest BCUT2D eigenvalue weighted by molar-refractivity contribution is 4.89. The van der Waals surface area contributed by atoms with Crippen LogP contribution in [0.3, 0.4) is 0 Å². The number of nitrogens with one attached hydrogen (secondary N) is 1. The van der Waals surface area contributed by atoms with Gasteiger partial charge in [-0.1, -0.05) is 40.0 Å². The molecule has 1 saturated heterocycles. The van der Waals surface area contributed by atoms with Gasteiger partial charge in [-0.15, -0.1) is 0 Å². The maximum atomic E-state index is 3.78. The van der Waals surface area contributed by atoms with Gasteiger partial charge in [0, 0.05) is 12.6 Å². The molecule has 20 heavy (non-hydrogen) atoms. The molecule has 2 nitrogen and oxygen atoms in total. The van der Waals surface area contributed by atoms with Gasteiger partial charge in [-0.25, -0.2) is 0 Å². The summed E-state index contributed by atoms with van der Waals surface area (Å²) in [6.07, 6.45) is 11.2. The summed E-state index contributed by atoms with van der Waals surface area (Å²) in [5.74, 6) is 0.914. The first kappa shape index (κ1) is 16.3. The van der Waals surface area contributed by atoms with E-state index in [0.29, 0.717) is 5.41 Å². The zero-order chi connectivity index (χ0) is 14.4. The third-order valence-corrected chi connectivity index (χ3v) is 6.23. The Morgan fingerprint density at radius 3 is 2.35 bits per heavy atom. The van der Waals surface area contributed by atoms with Crippen LogP contribution in [0.4, 0.5) is 0 Å². The molecule has 2 heteroatoms. The molecule has 2 unspecified atom stereocenters. The van der Waals surface area contributed by atoms with Crippen molar-refractivity contribution >= 4 is 0 Å². The molecule has 1 aliphatic heterocycles. The van der Waals surface area contributed by atoms with Gasteiger partial charge >= 0.3 is 0 Å². The van der Waals surface area contributed by atoms with Gasteiger partial charge in [-0.05, 0) is 63.1 Å². The number of likely N-dealkylation sites (tertiary alicyclic amines) is 1. The molecule has 1 N–H and O–H groups in total. The van der Waals surface area contributed by atoms with E-state index in [1.165, 1.54) is 77.5 Å². The predicted octanol–water partition coefficient (Wildman–Crippen LogP) is 4.06. The van der Waals surface area contributed by atoms with Gasteiger partial charge in [0.25, 0.3) is 0 Å². The quantitative estimate of drug-likeness (QED) is 0.756. The molecule has 1 heterocycles. The van der Waals surface area contributed by atoms with Crippen LogP contribution in [0.2, 0.25) is 0 Å². The van der Waals surface area contributed by atoms with Crippen LogP contribution in [-0.2, 0) is 0 Å². The van der Waals surface area contributed by atoms with Gasteiger partial charge in [0.05, 0.1) is 0 Å². The fourth-order valence-corrected chi connectivity index (χ4v) is 4.35. The van der Waals surface area contributed by atoms with E-state index in [2.05, 4.69) is 31.0 Å². The highest BCUT2D eigenvalue weighted by atomic mass is 15.1. The Bertz CT molecular complexity index is 263. The first-order valence-electron chi connectivity index (χ1n) is 9.18. The third-order valence-electron chi connectivity index (χ3n) is 6.23. The largest absolute Gasteiger partial charge is 0.314 e. The molecular weight excluding hydrogens is 244 g/mol.